The van der Waals surface area contributed by atoms with E-state index in [2.05, 4.69) is 29.1 Å². The van der Waals surface area contributed by atoms with Gasteiger partial charge in [-0.15, -0.1) is 0 Å². The van der Waals surface area contributed by atoms with Crippen LogP contribution in [0.1, 0.15) is 45.4 Å². The van der Waals surface area contributed by atoms with E-state index in [1.54, 1.807) is 0 Å². The average Bonchev–Trinajstić information content (AvgIpc) is 2.80. The maximum absolute atomic E-state index is 12.7. The third-order valence-electron chi connectivity index (χ3n) is 3.52. The highest BCUT2D eigenvalue weighted by Crippen LogP contribution is 2.08. The lowest BCUT2D eigenvalue weighted by Crippen LogP contribution is -2.19. The van der Waals surface area contributed by atoms with Crippen LogP contribution in [0.3, 0.4) is 0 Å². The fourth-order valence-corrected chi connectivity index (χ4v) is 2.57. The maximum atomic E-state index is 12.7. The van der Waals surface area contributed by atoms with Crippen LogP contribution in [0.15, 0.2) is 45.3 Å². The predicted molar refractivity (Wildman–Crippen MR) is 95.9 cm³/mol. The minimum atomic E-state index is -0.105. The molecule has 0 amide bonds. The molecule has 2 rings (SSSR count). The van der Waals surface area contributed by atoms with Crippen molar-refractivity contribution in [3.05, 3.63) is 51.9 Å². The number of hydrogen-bond acceptors (Lipinski definition) is 3. The van der Waals surface area contributed by atoms with Crippen LogP contribution in [0.4, 0.5) is 0 Å². The molecule has 0 radical (unpaired) electrons. The topological polar surface area (TPSA) is 62.5 Å². The summed E-state index contributed by atoms with van der Waals surface area (Å²) in [5.41, 5.74) is 3.66. The molecule has 0 bridgehead atoms. The van der Waals surface area contributed by atoms with E-state index < -0.39 is 0 Å². The summed E-state index contributed by atoms with van der Waals surface area (Å²) in [6, 6.07) is 9.50. The molecule has 1 N–H and O–H groups in total. The van der Waals surface area contributed by atoms with E-state index >= 15 is 0 Å². The van der Waals surface area contributed by atoms with Crippen molar-refractivity contribution in [1.82, 2.24) is 9.78 Å². The van der Waals surface area contributed by atoms with Gasteiger partial charge in [-0.05, 0) is 45.2 Å². The summed E-state index contributed by atoms with van der Waals surface area (Å²) in [6.07, 6.45) is 0.900. The second-order valence-corrected chi connectivity index (χ2v) is 6.21. The number of aromatic nitrogens is 2. The highest BCUT2D eigenvalue weighted by Gasteiger charge is 2.14. The molecule has 0 aliphatic heterocycles. The van der Waals surface area contributed by atoms with E-state index in [-0.39, 0.29) is 5.56 Å². The first-order valence-electron chi connectivity index (χ1n) is 7.85. The number of hydrogen-bond donors (Lipinski definition) is 1. The molecule has 1 aromatic carbocycles. The minimum Gasteiger partial charge on any atom is -0.295 e. The second kappa shape index (κ2) is 7.22. The van der Waals surface area contributed by atoms with Gasteiger partial charge in [-0.1, -0.05) is 32.0 Å². The fourth-order valence-electron chi connectivity index (χ4n) is 2.57. The Morgan fingerprint density at radius 2 is 1.83 bits per heavy atom. The Morgan fingerprint density at radius 1 is 1.17 bits per heavy atom. The number of para-hydroxylation sites is 1. The van der Waals surface area contributed by atoms with E-state index in [1.807, 2.05) is 51.1 Å². The fraction of sp³-hybridized carbons (Fsp3) is 0.389. The molecule has 0 unspecified atom stereocenters. The summed E-state index contributed by atoms with van der Waals surface area (Å²) in [7, 11) is 0. The lowest BCUT2D eigenvalue weighted by molar-refractivity contribution is 0.681. The lowest BCUT2D eigenvalue weighted by Gasteiger charge is -2.01. The van der Waals surface area contributed by atoms with Gasteiger partial charge in [0.05, 0.1) is 17.0 Å². The summed E-state index contributed by atoms with van der Waals surface area (Å²) < 4.78 is 1.54. The molecule has 0 aliphatic rings. The molecule has 5 nitrogen and oxygen atoms in total. The highest BCUT2D eigenvalue weighted by molar-refractivity contribution is 5.99. The quantitative estimate of drug-likeness (QED) is 0.664. The van der Waals surface area contributed by atoms with Crippen molar-refractivity contribution >= 4 is 11.4 Å². The first-order chi connectivity index (χ1) is 10.9. The monoisotopic (exact) mass is 312 g/mol. The Kier molecular flexibility index (Phi) is 5.32. The van der Waals surface area contributed by atoms with Crippen LogP contribution in [-0.4, -0.2) is 21.2 Å². The largest absolute Gasteiger partial charge is 0.295 e. The standard InChI is InChI=1S/C18H24N4O/c1-12(2)11-13(3)19-20-14(4)17-15(5)21-22(18(17)23)16-9-7-6-8-10-16/h6-10,12,21H,11H2,1-5H3/b19-13?,20-14+. The van der Waals surface area contributed by atoms with Gasteiger partial charge < -0.3 is 0 Å². The van der Waals surface area contributed by atoms with Gasteiger partial charge >= 0.3 is 0 Å². The Bertz CT molecular complexity index is 779. The first-order valence-corrected chi connectivity index (χ1v) is 7.85. The molecule has 0 atom stereocenters. The number of aromatic amines is 1. The van der Waals surface area contributed by atoms with Crippen molar-refractivity contribution in [3.63, 3.8) is 0 Å². The van der Waals surface area contributed by atoms with Gasteiger partial charge in [0.2, 0.25) is 0 Å². The van der Waals surface area contributed by atoms with Crippen molar-refractivity contribution < 1.29 is 0 Å². The molecule has 5 heteroatoms. The SMILES string of the molecule is CC(CC(C)C)=N/N=C(\C)c1c(C)[nH]n(-c2ccccc2)c1=O. The van der Waals surface area contributed by atoms with Crippen LogP contribution < -0.4 is 5.56 Å². The highest BCUT2D eigenvalue weighted by atomic mass is 16.1. The third-order valence-corrected chi connectivity index (χ3v) is 3.52. The Labute approximate surface area is 136 Å². The molecule has 122 valence electrons. The molecule has 2 aromatic rings. The summed E-state index contributed by atoms with van der Waals surface area (Å²) in [5, 5.41) is 11.6. The number of benzene rings is 1. The molecule has 0 fully saturated rings. The smallest absolute Gasteiger partial charge is 0.280 e. The Morgan fingerprint density at radius 3 is 2.43 bits per heavy atom. The second-order valence-electron chi connectivity index (χ2n) is 6.21. The predicted octanol–water partition coefficient (Wildman–Crippen LogP) is 3.71. The van der Waals surface area contributed by atoms with Gasteiger partial charge in [0, 0.05) is 11.4 Å². The molecule has 1 heterocycles. The van der Waals surface area contributed by atoms with Gasteiger partial charge in [-0.3, -0.25) is 9.89 Å². The van der Waals surface area contributed by atoms with Gasteiger partial charge in [0.1, 0.15) is 0 Å². The summed E-state index contributed by atoms with van der Waals surface area (Å²) in [4.78, 5) is 12.7. The van der Waals surface area contributed by atoms with E-state index in [9.17, 15) is 4.79 Å². The van der Waals surface area contributed by atoms with Crippen LogP contribution >= 0.6 is 0 Å². The van der Waals surface area contributed by atoms with Gasteiger partial charge in [0.15, 0.2) is 0 Å². The molecule has 0 aliphatic carbocycles. The average molecular weight is 312 g/mol. The van der Waals surface area contributed by atoms with Crippen molar-refractivity contribution in [1.29, 1.82) is 0 Å². The van der Waals surface area contributed by atoms with E-state index in [0.29, 0.717) is 17.2 Å². The van der Waals surface area contributed by atoms with Crippen LogP contribution in [0, 0.1) is 12.8 Å². The molecule has 0 saturated carbocycles. The minimum absolute atomic E-state index is 0.105. The molecule has 0 saturated heterocycles. The number of rotatable bonds is 5. The van der Waals surface area contributed by atoms with Gasteiger partial charge in [-0.25, -0.2) is 4.68 Å². The van der Waals surface area contributed by atoms with E-state index in [0.717, 1.165) is 23.5 Å². The van der Waals surface area contributed by atoms with Crippen LogP contribution in [0.5, 0.6) is 0 Å². The first kappa shape index (κ1) is 16.9. The van der Waals surface area contributed by atoms with Crippen molar-refractivity contribution in [3.8, 4) is 5.69 Å². The summed E-state index contributed by atoms with van der Waals surface area (Å²) in [5.74, 6) is 0.540. The zero-order valence-corrected chi connectivity index (χ0v) is 14.4. The Hall–Kier alpha value is -2.43. The zero-order chi connectivity index (χ0) is 17.0. The number of nitrogens with one attached hydrogen (secondary N) is 1. The van der Waals surface area contributed by atoms with Crippen molar-refractivity contribution in [2.75, 3.05) is 0 Å². The van der Waals surface area contributed by atoms with Crippen LogP contribution in [0.2, 0.25) is 0 Å². The maximum Gasteiger partial charge on any atom is 0.280 e. The molecular weight excluding hydrogens is 288 g/mol. The molecule has 1 aromatic heterocycles. The zero-order valence-electron chi connectivity index (χ0n) is 14.4. The van der Waals surface area contributed by atoms with E-state index in [4.69, 9.17) is 0 Å². The van der Waals surface area contributed by atoms with Crippen molar-refractivity contribution in [2.24, 2.45) is 16.1 Å². The Balaban J connectivity index is 2.37. The van der Waals surface area contributed by atoms with E-state index in [1.165, 1.54) is 4.68 Å². The van der Waals surface area contributed by atoms with Crippen LogP contribution in [0.25, 0.3) is 5.69 Å². The third kappa shape index (κ3) is 4.06. The lowest BCUT2D eigenvalue weighted by atomic mass is 10.1. The number of H-pyrrole nitrogens is 1. The van der Waals surface area contributed by atoms with Gasteiger partial charge in [-0.2, -0.15) is 10.2 Å². The number of nitrogens with zero attached hydrogens (tertiary/aromatic N) is 3. The molecule has 0 spiro atoms. The van der Waals surface area contributed by atoms with Crippen LogP contribution in [-0.2, 0) is 0 Å². The normalized spacial score (nSPS) is 13.0. The number of aryl methyl sites for hydroxylation is 1. The molecule has 23 heavy (non-hydrogen) atoms. The summed E-state index contributed by atoms with van der Waals surface area (Å²) in [6.45, 7) is 9.94. The van der Waals surface area contributed by atoms with Crippen molar-refractivity contribution in [2.45, 2.75) is 41.0 Å². The summed E-state index contributed by atoms with van der Waals surface area (Å²) >= 11 is 0. The molecular formula is C18H24N4O. The van der Waals surface area contributed by atoms with Gasteiger partial charge in [0.25, 0.3) is 5.56 Å².